The molecule has 8 heteroatoms. The van der Waals surface area contributed by atoms with E-state index in [-0.39, 0.29) is 17.5 Å². The number of halogens is 1. The maximum atomic E-state index is 13.0. The van der Waals surface area contributed by atoms with E-state index in [0.717, 1.165) is 33.1 Å². The molecule has 2 aromatic carbocycles. The Balaban J connectivity index is 1.42. The summed E-state index contributed by atoms with van der Waals surface area (Å²) in [7, 11) is 0. The number of amides is 1. The van der Waals surface area contributed by atoms with Crippen molar-refractivity contribution in [3.05, 3.63) is 78.4 Å². The molecule has 0 radical (unpaired) electrons. The van der Waals surface area contributed by atoms with Crippen LogP contribution in [-0.2, 0) is 11.3 Å². The van der Waals surface area contributed by atoms with Gasteiger partial charge in [0.05, 0.1) is 23.6 Å². The van der Waals surface area contributed by atoms with E-state index >= 15 is 0 Å². The van der Waals surface area contributed by atoms with E-state index in [2.05, 4.69) is 15.4 Å². The van der Waals surface area contributed by atoms with Gasteiger partial charge in [0.15, 0.2) is 0 Å². The first-order chi connectivity index (χ1) is 15.1. The maximum absolute atomic E-state index is 13.0. The molecule has 0 aliphatic carbocycles. The Morgan fingerprint density at radius 1 is 1.16 bits per heavy atom. The summed E-state index contributed by atoms with van der Waals surface area (Å²) in [6, 6.07) is 15.8. The highest BCUT2D eigenvalue weighted by molar-refractivity contribution is 8.00. The zero-order valence-electron chi connectivity index (χ0n) is 16.9. The number of thioether (sulfide) groups is 1. The molecule has 1 N–H and O–H groups in total. The van der Waals surface area contributed by atoms with Crippen molar-refractivity contribution in [1.29, 1.82) is 0 Å². The third-order valence-electron chi connectivity index (χ3n) is 4.56. The van der Waals surface area contributed by atoms with Crippen molar-refractivity contribution in [2.45, 2.75) is 18.5 Å². The number of benzene rings is 2. The second kappa shape index (κ2) is 9.61. The number of hydrogen-bond donors (Lipinski definition) is 1. The number of nitrogens with one attached hydrogen (secondary N) is 1. The minimum absolute atomic E-state index is 0.121. The zero-order valence-corrected chi connectivity index (χ0v) is 17.7. The van der Waals surface area contributed by atoms with Gasteiger partial charge in [0.1, 0.15) is 16.6 Å². The molecule has 0 unspecified atom stereocenters. The van der Waals surface area contributed by atoms with Crippen molar-refractivity contribution in [3.63, 3.8) is 0 Å². The average molecular weight is 437 g/mol. The van der Waals surface area contributed by atoms with Crippen LogP contribution in [0.25, 0.3) is 16.8 Å². The molecule has 2 aromatic heterocycles. The first-order valence-corrected chi connectivity index (χ1v) is 10.8. The lowest BCUT2D eigenvalue weighted by Gasteiger charge is -2.06. The summed E-state index contributed by atoms with van der Waals surface area (Å²) in [5, 5.41) is 8.19. The minimum Gasteiger partial charge on any atom is -0.494 e. The van der Waals surface area contributed by atoms with E-state index in [4.69, 9.17) is 4.74 Å². The van der Waals surface area contributed by atoms with Crippen LogP contribution in [0.5, 0.6) is 5.75 Å². The topological polar surface area (TPSA) is 68.5 Å². The molecule has 4 rings (SSSR count). The molecule has 0 saturated heterocycles. The van der Waals surface area contributed by atoms with Crippen LogP contribution in [0, 0.1) is 5.82 Å². The highest BCUT2D eigenvalue weighted by Gasteiger charge is 2.11. The third-order valence-corrected chi connectivity index (χ3v) is 5.55. The lowest BCUT2D eigenvalue weighted by atomic mass is 10.1. The number of aromatic nitrogens is 3. The summed E-state index contributed by atoms with van der Waals surface area (Å²) in [6.45, 7) is 2.93. The maximum Gasteiger partial charge on any atom is 0.230 e. The van der Waals surface area contributed by atoms with E-state index in [1.807, 2.05) is 37.3 Å². The fraction of sp³-hybridized carbons (Fsp3) is 0.174. The zero-order chi connectivity index (χ0) is 21.6. The van der Waals surface area contributed by atoms with Crippen molar-refractivity contribution in [2.75, 3.05) is 12.4 Å². The molecule has 4 aromatic rings. The van der Waals surface area contributed by atoms with Gasteiger partial charge in [0, 0.05) is 24.5 Å². The Labute approximate surface area is 183 Å². The van der Waals surface area contributed by atoms with E-state index in [9.17, 15) is 9.18 Å². The van der Waals surface area contributed by atoms with Gasteiger partial charge in [-0.2, -0.15) is 5.10 Å². The SMILES string of the molecule is CCOc1ccc(-c2cc3c(SCC(=O)NCc4ccc(F)cc4)nccn3n2)cc1. The summed E-state index contributed by atoms with van der Waals surface area (Å²) >= 11 is 1.35. The summed E-state index contributed by atoms with van der Waals surface area (Å²) in [5.41, 5.74) is 3.47. The number of fused-ring (bicyclic) bond motifs is 1. The smallest absolute Gasteiger partial charge is 0.230 e. The van der Waals surface area contributed by atoms with Crippen LogP contribution in [0.2, 0.25) is 0 Å². The van der Waals surface area contributed by atoms with Gasteiger partial charge in [-0.1, -0.05) is 23.9 Å². The Morgan fingerprint density at radius 2 is 1.94 bits per heavy atom. The molecule has 0 spiro atoms. The van der Waals surface area contributed by atoms with Crippen LogP contribution in [0.4, 0.5) is 4.39 Å². The van der Waals surface area contributed by atoms with E-state index in [1.54, 1.807) is 29.0 Å². The molecule has 0 saturated carbocycles. The predicted molar refractivity (Wildman–Crippen MR) is 119 cm³/mol. The second-order valence-electron chi connectivity index (χ2n) is 6.74. The molecular weight excluding hydrogens is 415 g/mol. The van der Waals surface area contributed by atoms with Crippen LogP contribution in [-0.4, -0.2) is 32.9 Å². The second-order valence-corrected chi connectivity index (χ2v) is 7.71. The normalized spacial score (nSPS) is 10.9. The highest BCUT2D eigenvalue weighted by Crippen LogP contribution is 2.27. The summed E-state index contributed by atoms with van der Waals surface area (Å²) in [5.74, 6) is 0.622. The molecule has 0 fully saturated rings. The standard InChI is InChI=1S/C23H21FN4O2S/c1-2-30-19-9-5-17(6-10-19)20-13-21-23(25-11-12-28(21)27-20)31-15-22(29)26-14-16-3-7-18(24)8-4-16/h3-13H,2,14-15H2,1H3,(H,26,29). The Kier molecular flexibility index (Phi) is 6.47. The third kappa shape index (κ3) is 5.21. The lowest BCUT2D eigenvalue weighted by Crippen LogP contribution is -2.24. The number of rotatable bonds is 8. The number of hydrogen-bond acceptors (Lipinski definition) is 5. The molecule has 6 nitrogen and oxygen atoms in total. The number of carbonyl (C=O) groups excluding carboxylic acids is 1. The Morgan fingerprint density at radius 3 is 2.68 bits per heavy atom. The van der Waals surface area contributed by atoms with Gasteiger partial charge >= 0.3 is 0 Å². The van der Waals surface area contributed by atoms with Crippen molar-refractivity contribution >= 4 is 23.2 Å². The molecule has 0 atom stereocenters. The lowest BCUT2D eigenvalue weighted by molar-refractivity contribution is -0.118. The largest absolute Gasteiger partial charge is 0.494 e. The molecule has 0 aliphatic rings. The van der Waals surface area contributed by atoms with Gasteiger partial charge in [0.2, 0.25) is 5.91 Å². The monoisotopic (exact) mass is 436 g/mol. The van der Waals surface area contributed by atoms with Crippen LogP contribution in [0.1, 0.15) is 12.5 Å². The summed E-state index contributed by atoms with van der Waals surface area (Å²) in [4.78, 5) is 16.6. The van der Waals surface area contributed by atoms with Gasteiger partial charge in [-0.25, -0.2) is 13.9 Å². The number of ether oxygens (including phenoxy) is 1. The van der Waals surface area contributed by atoms with E-state index in [1.165, 1.54) is 23.9 Å². The summed E-state index contributed by atoms with van der Waals surface area (Å²) < 4.78 is 20.2. The molecule has 0 aliphatic heterocycles. The van der Waals surface area contributed by atoms with Gasteiger partial charge in [-0.15, -0.1) is 0 Å². The van der Waals surface area contributed by atoms with Crippen molar-refractivity contribution in [3.8, 4) is 17.0 Å². The highest BCUT2D eigenvalue weighted by atomic mass is 32.2. The molecule has 1 amide bonds. The molecule has 31 heavy (non-hydrogen) atoms. The molecule has 2 heterocycles. The fourth-order valence-electron chi connectivity index (χ4n) is 3.03. The van der Waals surface area contributed by atoms with Crippen molar-refractivity contribution < 1.29 is 13.9 Å². The van der Waals surface area contributed by atoms with Gasteiger partial charge < -0.3 is 10.1 Å². The van der Waals surface area contributed by atoms with Crippen molar-refractivity contribution in [1.82, 2.24) is 19.9 Å². The van der Waals surface area contributed by atoms with Gasteiger partial charge in [-0.05, 0) is 55.0 Å². The van der Waals surface area contributed by atoms with Gasteiger partial charge in [0.25, 0.3) is 0 Å². The van der Waals surface area contributed by atoms with Crippen LogP contribution in [0.3, 0.4) is 0 Å². The summed E-state index contributed by atoms with van der Waals surface area (Å²) in [6.07, 6.45) is 3.45. The fourth-order valence-corrected chi connectivity index (χ4v) is 3.83. The first-order valence-electron chi connectivity index (χ1n) is 9.84. The minimum atomic E-state index is -0.296. The Bertz CT molecular complexity index is 1180. The molecule has 158 valence electrons. The predicted octanol–water partition coefficient (Wildman–Crippen LogP) is 4.34. The molecular formula is C23H21FN4O2S. The quantitative estimate of drug-likeness (QED) is 0.416. The number of nitrogens with zero attached hydrogens (tertiary/aromatic N) is 3. The van der Waals surface area contributed by atoms with E-state index in [0.29, 0.717) is 13.2 Å². The van der Waals surface area contributed by atoms with Crippen molar-refractivity contribution in [2.24, 2.45) is 0 Å². The first kappa shape index (κ1) is 20.9. The van der Waals surface area contributed by atoms with Gasteiger partial charge in [-0.3, -0.25) is 4.79 Å². The number of carbonyl (C=O) groups is 1. The van der Waals surface area contributed by atoms with E-state index < -0.39 is 0 Å². The average Bonchev–Trinajstić information content (AvgIpc) is 3.23. The van der Waals surface area contributed by atoms with Crippen LogP contribution < -0.4 is 10.1 Å². The van der Waals surface area contributed by atoms with Crippen LogP contribution in [0.15, 0.2) is 72.0 Å². The molecule has 0 bridgehead atoms. The van der Waals surface area contributed by atoms with Crippen LogP contribution >= 0.6 is 11.8 Å². The Hall–Kier alpha value is -3.39.